The number of rotatable bonds is 4. The van der Waals surface area contributed by atoms with Gasteiger partial charge in [0.2, 0.25) is 10.0 Å². The molecule has 1 amide bonds. The van der Waals surface area contributed by atoms with Crippen molar-refractivity contribution in [3.8, 4) is 5.69 Å². The van der Waals surface area contributed by atoms with Crippen molar-refractivity contribution in [3.05, 3.63) is 71.0 Å². The van der Waals surface area contributed by atoms with Gasteiger partial charge in [0.1, 0.15) is 4.90 Å². The van der Waals surface area contributed by atoms with Crippen LogP contribution < -0.4 is 0 Å². The van der Waals surface area contributed by atoms with Crippen LogP contribution in [0.1, 0.15) is 16.1 Å². The van der Waals surface area contributed by atoms with Crippen LogP contribution in [-0.2, 0) is 16.2 Å². The van der Waals surface area contributed by atoms with Crippen molar-refractivity contribution < 1.29 is 26.4 Å². The molecule has 1 saturated heterocycles. The summed E-state index contributed by atoms with van der Waals surface area (Å²) < 4.78 is 66.0. The maximum atomic E-state index is 13.0. The maximum Gasteiger partial charge on any atom is 0.416 e. The molecule has 0 aliphatic carbocycles. The van der Waals surface area contributed by atoms with E-state index in [9.17, 15) is 26.4 Å². The number of amides is 1. The van der Waals surface area contributed by atoms with Gasteiger partial charge in [-0.15, -0.1) is 5.10 Å². The summed E-state index contributed by atoms with van der Waals surface area (Å²) in [5.74, 6) is -0.425. The van der Waals surface area contributed by atoms with Gasteiger partial charge in [0.25, 0.3) is 5.91 Å². The van der Waals surface area contributed by atoms with E-state index < -0.39 is 32.6 Å². The van der Waals surface area contributed by atoms with Gasteiger partial charge in [-0.25, -0.2) is 8.42 Å². The summed E-state index contributed by atoms with van der Waals surface area (Å²) in [6.07, 6.45) is -3.39. The third-order valence-electron chi connectivity index (χ3n) is 5.10. The van der Waals surface area contributed by atoms with E-state index in [1.165, 1.54) is 15.9 Å². The summed E-state index contributed by atoms with van der Waals surface area (Å²) in [5, 5.41) is 7.95. The van der Waals surface area contributed by atoms with Crippen LogP contribution in [-0.4, -0.2) is 64.7 Å². The Bertz CT molecular complexity index is 1270. The standard InChI is InChI=1S/C20H17ClF3N5O3S/c21-16-7-6-14(20(22,23)24)12-18(16)33(31,32)28-10-8-27(9-11-28)19(30)17-13-25-29(26-17)15-4-2-1-3-5-15/h1-7,12-13H,8-11H2. The molecule has 0 atom stereocenters. The van der Waals surface area contributed by atoms with Gasteiger partial charge < -0.3 is 4.90 Å². The van der Waals surface area contributed by atoms with E-state index in [0.717, 1.165) is 16.4 Å². The maximum absolute atomic E-state index is 13.0. The molecule has 1 aromatic heterocycles. The first-order chi connectivity index (χ1) is 15.6. The summed E-state index contributed by atoms with van der Waals surface area (Å²) >= 11 is 5.91. The lowest BCUT2D eigenvalue weighted by Crippen LogP contribution is -2.50. The molecule has 8 nitrogen and oxygen atoms in total. The fourth-order valence-electron chi connectivity index (χ4n) is 3.36. The van der Waals surface area contributed by atoms with E-state index >= 15 is 0 Å². The molecule has 4 rings (SSSR count). The number of hydrogen-bond acceptors (Lipinski definition) is 5. The van der Waals surface area contributed by atoms with Gasteiger partial charge in [0.15, 0.2) is 5.69 Å². The van der Waals surface area contributed by atoms with Crippen molar-refractivity contribution >= 4 is 27.5 Å². The van der Waals surface area contributed by atoms with Crippen LogP contribution >= 0.6 is 11.6 Å². The number of para-hydroxylation sites is 1. The van der Waals surface area contributed by atoms with E-state index in [1.54, 1.807) is 24.3 Å². The molecule has 0 radical (unpaired) electrons. The molecule has 33 heavy (non-hydrogen) atoms. The normalized spacial score (nSPS) is 15.6. The third kappa shape index (κ3) is 4.72. The number of benzene rings is 2. The molecule has 1 aliphatic heterocycles. The zero-order valence-corrected chi connectivity index (χ0v) is 18.5. The first kappa shape index (κ1) is 23.2. The molecule has 2 heterocycles. The molecule has 13 heteroatoms. The van der Waals surface area contributed by atoms with Crippen LogP contribution in [0, 0.1) is 0 Å². The van der Waals surface area contributed by atoms with Crippen LogP contribution in [0.15, 0.2) is 59.6 Å². The zero-order valence-electron chi connectivity index (χ0n) is 16.9. The smallest absolute Gasteiger partial charge is 0.335 e. The van der Waals surface area contributed by atoms with Crippen molar-refractivity contribution in [2.24, 2.45) is 0 Å². The van der Waals surface area contributed by atoms with Crippen LogP contribution in [0.4, 0.5) is 13.2 Å². The van der Waals surface area contributed by atoms with Crippen molar-refractivity contribution in [1.82, 2.24) is 24.2 Å². The lowest BCUT2D eigenvalue weighted by Gasteiger charge is -2.33. The predicted octanol–water partition coefficient (Wildman–Crippen LogP) is 3.09. The number of hydrogen-bond donors (Lipinski definition) is 0. The van der Waals surface area contributed by atoms with Crippen LogP contribution in [0.2, 0.25) is 5.02 Å². The first-order valence-electron chi connectivity index (χ1n) is 9.71. The van der Waals surface area contributed by atoms with Crippen LogP contribution in [0.5, 0.6) is 0 Å². The molecule has 3 aromatic rings. The van der Waals surface area contributed by atoms with Gasteiger partial charge in [-0.05, 0) is 30.3 Å². The highest BCUT2D eigenvalue weighted by Gasteiger charge is 2.36. The SMILES string of the molecule is O=C(c1cnn(-c2ccccc2)n1)N1CCN(S(=O)(=O)c2cc(C(F)(F)F)ccc2Cl)CC1. The fourth-order valence-corrected chi connectivity index (χ4v) is 5.28. The number of nitrogens with zero attached hydrogens (tertiary/aromatic N) is 5. The summed E-state index contributed by atoms with van der Waals surface area (Å²) in [5.41, 5.74) is -0.345. The molecule has 1 fully saturated rings. The number of piperazine rings is 1. The Kier molecular flexibility index (Phi) is 6.16. The minimum Gasteiger partial charge on any atom is -0.335 e. The average molecular weight is 500 g/mol. The molecular weight excluding hydrogens is 483 g/mol. The van der Waals surface area contributed by atoms with Gasteiger partial charge in [0, 0.05) is 26.2 Å². The van der Waals surface area contributed by atoms with Gasteiger partial charge in [0.05, 0.1) is 22.5 Å². The van der Waals surface area contributed by atoms with E-state index in [4.69, 9.17) is 11.6 Å². The van der Waals surface area contributed by atoms with E-state index in [1.807, 2.05) is 6.07 Å². The van der Waals surface area contributed by atoms with Crippen molar-refractivity contribution in [2.45, 2.75) is 11.1 Å². The molecule has 0 N–H and O–H groups in total. The lowest BCUT2D eigenvalue weighted by atomic mass is 10.2. The summed E-state index contributed by atoms with van der Waals surface area (Å²) in [7, 11) is -4.29. The van der Waals surface area contributed by atoms with Crippen molar-refractivity contribution in [1.29, 1.82) is 0 Å². The zero-order chi connectivity index (χ0) is 23.8. The Labute approximate surface area is 192 Å². The molecule has 1 aliphatic rings. The highest BCUT2D eigenvalue weighted by molar-refractivity contribution is 7.89. The third-order valence-corrected chi connectivity index (χ3v) is 7.48. The topological polar surface area (TPSA) is 88.4 Å². The van der Waals surface area contributed by atoms with E-state index in [2.05, 4.69) is 10.2 Å². The van der Waals surface area contributed by atoms with Gasteiger partial charge >= 0.3 is 6.18 Å². The number of alkyl halides is 3. The first-order valence-corrected chi connectivity index (χ1v) is 11.5. The quantitative estimate of drug-likeness (QED) is 0.550. The fraction of sp³-hybridized carbons (Fsp3) is 0.250. The van der Waals surface area contributed by atoms with Gasteiger partial charge in [-0.3, -0.25) is 4.79 Å². The Morgan fingerprint density at radius 3 is 2.30 bits per heavy atom. The highest BCUT2D eigenvalue weighted by Crippen LogP contribution is 2.34. The number of sulfonamides is 1. The average Bonchev–Trinajstić information content (AvgIpc) is 3.29. The molecular formula is C20H17ClF3N5O3S. The molecule has 174 valence electrons. The summed E-state index contributed by atoms with van der Waals surface area (Å²) in [6.45, 7) is -0.138. The Morgan fingerprint density at radius 2 is 1.67 bits per heavy atom. The van der Waals surface area contributed by atoms with Gasteiger partial charge in [-0.2, -0.15) is 27.4 Å². The monoisotopic (exact) mass is 499 g/mol. The Hall–Kier alpha value is -2.96. The molecule has 0 saturated carbocycles. The summed E-state index contributed by atoms with van der Waals surface area (Å²) in [6, 6.07) is 11.1. The number of carbonyl (C=O) groups is 1. The molecule has 0 bridgehead atoms. The van der Waals surface area contributed by atoms with Crippen LogP contribution in [0.3, 0.4) is 0 Å². The van der Waals surface area contributed by atoms with Gasteiger partial charge in [-0.1, -0.05) is 29.8 Å². The highest BCUT2D eigenvalue weighted by atomic mass is 35.5. The van der Waals surface area contributed by atoms with E-state index in [0.29, 0.717) is 11.8 Å². The number of aromatic nitrogens is 3. The second-order valence-corrected chi connectivity index (χ2v) is 9.51. The molecule has 0 unspecified atom stereocenters. The minimum absolute atomic E-state index is 0.0346. The molecule has 2 aromatic carbocycles. The lowest BCUT2D eigenvalue weighted by molar-refractivity contribution is -0.137. The van der Waals surface area contributed by atoms with E-state index in [-0.39, 0.29) is 36.9 Å². The number of halogens is 4. The minimum atomic E-state index is -4.71. The predicted molar refractivity (Wildman–Crippen MR) is 112 cm³/mol. The van der Waals surface area contributed by atoms with Crippen molar-refractivity contribution in [2.75, 3.05) is 26.2 Å². The second-order valence-electron chi connectivity index (χ2n) is 7.19. The largest absolute Gasteiger partial charge is 0.416 e. The Balaban J connectivity index is 1.47. The number of carbonyl (C=O) groups excluding carboxylic acids is 1. The molecule has 0 spiro atoms. The second kappa shape index (κ2) is 8.76. The summed E-state index contributed by atoms with van der Waals surface area (Å²) in [4.78, 5) is 14.9. The Morgan fingerprint density at radius 1 is 1.00 bits per heavy atom. The van der Waals surface area contributed by atoms with Crippen LogP contribution in [0.25, 0.3) is 5.69 Å². The van der Waals surface area contributed by atoms with Crippen molar-refractivity contribution in [3.63, 3.8) is 0 Å².